The van der Waals surface area contributed by atoms with E-state index in [0.29, 0.717) is 10.9 Å². The van der Waals surface area contributed by atoms with Crippen molar-refractivity contribution in [3.8, 4) is 5.88 Å². The van der Waals surface area contributed by atoms with Gasteiger partial charge in [-0.3, -0.25) is 0 Å². The molecule has 2 rings (SSSR count). The molecular weight excluding hydrogens is 272 g/mol. The van der Waals surface area contributed by atoms with Crippen LogP contribution >= 0.6 is 12.2 Å². The van der Waals surface area contributed by atoms with Crippen LogP contribution in [-0.2, 0) is 4.74 Å². The second-order valence-corrected chi connectivity index (χ2v) is 5.83. The van der Waals surface area contributed by atoms with Gasteiger partial charge in [0.25, 0.3) is 0 Å². The highest BCUT2D eigenvalue weighted by molar-refractivity contribution is 7.80. The summed E-state index contributed by atoms with van der Waals surface area (Å²) >= 11 is 5.13. The SMILES string of the molecule is COC1CCCC(Oc2nc(C)cc(C)c2C(N)=S)C1. The summed E-state index contributed by atoms with van der Waals surface area (Å²) in [6, 6.07) is 1.97. The van der Waals surface area contributed by atoms with Gasteiger partial charge in [-0.2, -0.15) is 0 Å². The molecule has 1 heterocycles. The first-order chi connectivity index (χ1) is 9.51. The maximum atomic E-state index is 6.08. The van der Waals surface area contributed by atoms with E-state index >= 15 is 0 Å². The predicted octanol–water partition coefficient (Wildman–Crippen LogP) is 2.67. The summed E-state index contributed by atoms with van der Waals surface area (Å²) in [5, 5.41) is 0. The molecule has 2 N–H and O–H groups in total. The molecule has 5 heteroatoms. The van der Waals surface area contributed by atoms with Gasteiger partial charge in [0.05, 0.1) is 11.7 Å². The monoisotopic (exact) mass is 294 g/mol. The van der Waals surface area contributed by atoms with Crippen molar-refractivity contribution in [3.05, 3.63) is 22.9 Å². The zero-order valence-electron chi connectivity index (χ0n) is 12.3. The van der Waals surface area contributed by atoms with Gasteiger partial charge in [-0.1, -0.05) is 12.2 Å². The van der Waals surface area contributed by atoms with Gasteiger partial charge in [0.15, 0.2) is 0 Å². The standard InChI is InChI=1S/C15H22N2O2S/c1-9-7-10(2)17-15(13(9)14(16)20)19-12-6-4-5-11(8-12)18-3/h7,11-12H,4-6,8H2,1-3H3,(H2,16,20). The van der Waals surface area contributed by atoms with Gasteiger partial charge in [-0.05, 0) is 44.7 Å². The van der Waals surface area contributed by atoms with Crippen LogP contribution in [0.4, 0.5) is 0 Å². The lowest BCUT2D eigenvalue weighted by Crippen LogP contribution is -2.30. The van der Waals surface area contributed by atoms with E-state index in [0.717, 1.165) is 42.5 Å². The number of hydrogen-bond acceptors (Lipinski definition) is 4. The summed E-state index contributed by atoms with van der Waals surface area (Å²) in [7, 11) is 1.75. The van der Waals surface area contributed by atoms with Gasteiger partial charge in [0, 0.05) is 19.2 Å². The number of rotatable bonds is 4. The van der Waals surface area contributed by atoms with Crippen molar-refractivity contribution in [1.29, 1.82) is 0 Å². The van der Waals surface area contributed by atoms with Crippen molar-refractivity contribution >= 4 is 17.2 Å². The number of ether oxygens (including phenoxy) is 2. The molecule has 0 bridgehead atoms. The fourth-order valence-electron chi connectivity index (χ4n) is 2.77. The average Bonchev–Trinajstić information content (AvgIpc) is 2.37. The number of thiocarbonyl (C=S) groups is 1. The molecule has 2 unspecified atom stereocenters. The van der Waals surface area contributed by atoms with Crippen molar-refractivity contribution in [2.75, 3.05) is 7.11 Å². The third-order valence-corrected chi connectivity index (χ3v) is 3.95. The zero-order valence-corrected chi connectivity index (χ0v) is 13.1. The van der Waals surface area contributed by atoms with Gasteiger partial charge in [0.1, 0.15) is 11.1 Å². The summed E-state index contributed by atoms with van der Waals surface area (Å²) in [6.07, 6.45) is 4.51. The minimum Gasteiger partial charge on any atom is -0.474 e. The van der Waals surface area contributed by atoms with Crippen LogP contribution < -0.4 is 10.5 Å². The molecule has 1 fully saturated rings. The molecule has 1 saturated carbocycles. The smallest absolute Gasteiger partial charge is 0.224 e. The van der Waals surface area contributed by atoms with Gasteiger partial charge in [-0.25, -0.2) is 4.98 Å². The zero-order chi connectivity index (χ0) is 14.7. The molecule has 0 spiro atoms. The first kappa shape index (κ1) is 15.2. The molecule has 1 aromatic heterocycles. The molecule has 0 amide bonds. The van der Waals surface area contributed by atoms with Crippen molar-refractivity contribution < 1.29 is 9.47 Å². The molecule has 0 saturated heterocycles. The van der Waals surface area contributed by atoms with Gasteiger partial charge < -0.3 is 15.2 Å². The van der Waals surface area contributed by atoms with E-state index in [1.165, 1.54) is 0 Å². The molecule has 4 nitrogen and oxygen atoms in total. The Hall–Kier alpha value is -1.20. The lowest BCUT2D eigenvalue weighted by molar-refractivity contribution is 0.0194. The highest BCUT2D eigenvalue weighted by atomic mass is 32.1. The number of nitrogens with zero attached hydrogens (tertiary/aromatic N) is 1. The third kappa shape index (κ3) is 3.46. The van der Waals surface area contributed by atoms with Crippen LogP contribution in [0.15, 0.2) is 6.07 Å². The molecular formula is C15H22N2O2S. The Bertz CT molecular complexity index is 505. The third-order valence-electron chi connectivity index (χ3n) is 3.75. The largest absolute Gasteiger partial charge is 0.474 e. The second-order valence-electron chi connectivity index (χ2n) is 5.39. The summed E-state index contributed by atoms with van der Waals surface area (Å²) in [4.78, 5) is 4.81. The van der Waals surface area contributed by atoms with Crippen molar-refractivity contribution in [1.82, 2.24) is 4.98 Å². The van der Waals surface area contributed by atoms with Gasteiger partial charge >= 0.3 is 0 Å². The van der Waals surface area contributed by atoms with Crippen LogP contribution in [0.2, 0.25) is 0 Å². The van der Waals surface area contributed by atoms with E-state index < -0.39 is 0 Å². The molecule has 110 valence electrons. The van der Waals surface area contributed by atoms with Crippen molar-refractivity contribution in [2.24, 2.45) is 5.73 Å². The minimum absolute atomic E-state index is 0.121. The van der Waals surface area contributed by atoms with Crippen LogP contribution in [-0.4, -0.2) is 29.3 Å². The summed E-state index contributed by atoms with van der Waals surface area (Å²) in [5.41, 5.74) is 8.49. The summed E-state index contributed by atoms with van der Waals surface area (Å²) in [5.74, 6) is 0.566. The highest BCUT2D eigenvalue weighted by Gasteiger charge is 2.25. The predicted molar refractivity (Wildman–Crippen MR) is 83.3 cm³/mol. The van der Waals surface area contributed by atoms with Gasteiger partial charge in [0.2, 0.25) is 5.88 Å². The number of aromatic nitrogens is 1. The molecule has 1 aliphatic rings. The fraction of sp³-hybridized carbons (Fsp3) is 0.600. The molecule has 2 atom stereocenters. The number of methoxy groups -OCH3 is 1. The lowest BCUT2D eigenvalue weighted by Gasteiger charge is -2.29. The Labute approximate surface area is 125 Å². The number of pyridine rings is 1. The highest BCUT2D eigenvalue weighted by Crippen LogP contribution is 2.28. The Morgan fingerprint density at radius 2 is 2.05 bits per heavy atom. The summed E-state index contributed by atoms with van der Waals surface area (Å²) < 4.78 is 11.5. The maximum Gasteiger partial charge on any atom is 0.224 e. The molecule has 20 heavy (non-hydrogen) atoms. The van der Waals surface area contributed by atoms with E-state index in [-0.39, 0.29) is 12.2 Å². The Kier molecular flexibility index (Phi) is 4.94. The quantitative estimate of drug-likeness (QED) is 0.865. The first-order valence-electron chi connectivity index (χ1n) is 6.98. The van der Waals surface area contributed by atoms with E-state index in [1.54, 1.807) is 7.11 Å². The average molecular weight is 294 g/mol. The Morgan fingerprint density at radius 1 is 1.35 bits per heavy atom. The Balaban J connectivity index is 2.22. The minimum atomic E-state index is 0.121. The summed E-state index contributed by atoms with van der Waals surface area (Å²) in [6.45, 7) is 3.93. The van der Waals surface area contributed by atoms with E-state index in [1.807, 2.05) is 19.9 Å². The maximum absolute atomic E-state index is 6.08. The molecule has 0 radical (unpaired) electrons. The van der Waals surface area contributed by atoms with Crippen LogP contribution in [0.3, 0.4) is 0 Å². The molecule has 1 aromatic rings. The van der Waals surface area contributed by atoms with E-state index in [9.17, 15) is 0 Å². The lowest BCUT2D eigenvalue weighted by atomic mass is 9.95. The topological polar surface area (TPSA) is 57.4 Å². The second kappa shape index (κ2) is 6.50. The molecule has 0 aromatic carbocycles. The van der Waals surface area contributed by atoms with E-state index in [4.69, 9.17) is 27.4 Å². The van der Waals surface area contributed by atoms with Crippen LogP contribution in [0, 0.1) is 13.8 Å². The van der Waals surface area contributed by atoms with E-state index in [2.05, 4.69) is 4.98 Å². The number of aryl methyl sites for hydroxylation is 2. The Morgan fingerprint density at radius 3 is 2.70 bits per heavy atom. The number of hydrogen-bond donors (Lipinski definition) is 1. The molecule has 1 aliphatic carbocycles. The number of nitrogens with two attached hydrogens (primary N) is 1. The van der Waals surface area contributed by atoms with Crippen molar-refractivity contribution in [2.45, 2.75) is 51.7 Å². The first-order valence-corrected chi connectivity index (χ1v) is 7.39. The fourth-order valence-corrected chi connectivity index (χ4v) is 3.02. The van der Waals surface area contributed by atoms with Crippen LogP contribution in [0.1, 0.15) is 42.5 Å². The van der Waals surface area contributed by atoms with Gasteiger partial charge in [-0.15, -0.1) is 0 Å². The normalized spacial score (nSPS) is 22.6. The van der Waals surface area contributed by atoms with Crippen molar-refractivity contribution in [3.63, 3.8) is 0 Å². The van der Waals surface area contributed by atoms with Crippen LogP contribution in [0.25, 0.3) is 0 Å². The van der Waals surface area contributed by atoms with Crippen LogP contribution in [0.5, 0.6) is 5.88 Å². The molecule has 0 aliphatic heterocycles.